The first-order valence-electron chi connectivity index (χ1n) is 14.3. The Labute approximate surface area is 266 Å². The molecule has 0 radical (unpaired) electrons. The van der Waals surface area contributed by atoms with E-state index in [1.165, 1.54) is 18.0 Å². The molecule has 226 valence electrons. The number of amides is 1. The van der Waals surface area contributed by atoms with Crippen LogP contribution in [-0.4, -0.2) is 37.9 Å². The molecule has 1 unspecified atom stereocenters. The fourth-order valence-electron chi connectivity index (χ4n) is 5.59. The molecular weight excluding hydrogens is 598 g/mol. The van der Waals surface area contributed by atoms with Gasteiger partial charge in [-0.15, -0.1) is 0 Å². The number of hydrogen-bond donors (Lipinski definition) is 2. The van der Waals surface area contributed by atoms with Crippen molar-refractivity contribution in [3.8, 4) is 11.3 Å². The lowest BCUT2D eigenvalue weighted by molar-refractivity contribution is 0.0951. The normalized spacial score (nSPS) is 14.0. The maximum Gasteiger partial charge on any atom is 0.254 e. The lowest BCUT2D eigenvalue weighted by Gasteiger charge is -2.34. The predicted molar refractivity (Wildman–Crippen MR) is 172 cm³/mol. The third kappa shape index (κ3) is 7.50. The summed E-state index contributed by atoms with van der Waals surface area (Å²) in [6, 6.07) is 22.9. The molecule has 0 aliphatic heterocycles. The number of nitrogens with one attached hydrogen (secondary N) is 2. The van der Waals surface area contributed by atoms with Crippen molar-refractivity contribution in [3.05, 3.63) is 135 Å². The van der Waals surface area contributed by atoms with Crippen molar-refractivity contribution < 1.29 is 9.18 Å². The number of halogens is 3. The van der Waals surface area contributed by atoms with Gasteiger partial charge < -0.3 is 10.3 Å². The molecule has 1 aliphatic rings. The Balaban J connectivity index is 0.00000188. The summed E-state index contributed by atoms with van der Waals surface area (Å²) in [7, 11) is 0.500. The maximum atomic E-state index is 12.8. The second kappa shape index (κ2) is 15.1. The van der Waals surface area contributed by atoms with Crippen LogP contribution in [0.1, 0.15) is 57.5 Å². The second-order valence-electron chi connectivity index (χ2n) is 10.5. The molecule has 0 fully saturated rings. The van der Waals surface area contributed by atoms with Gasteiger partial charge in [0, 0.05) is 31.7 Å². The Bertz CT molecular complexity index is 1680. The van der Waals surface area contributed by atoms with Gasteiger partial charge in [-0.25, -0.2) is 4.98 Å². The third-order valence-electron chi connectivity index (χ3n) is 7.58. The number of aromatic nitrogens is 4. The summed E-state index contributed by atoms with van der Waals surface area (Å²) in [5, 5.41) is 3.38. The van der Waals surface area contributed by atoms with E-state index in [0.29, 0.717) is 26.8 Å². The van der Waals surface area contributed by atoms with Gasteiger partial charge in [0.15, 0.2) is 0 Å². The van der Waals surface area contributed by atoms with Crippen LogP contribution < -0.4 is 5.32 Å². The number of rotatable bonds is 9. The summed E-state index contributed by atoms with van der Waals surface area (Å²) in [4.78, 5) is 32.3. The highest BCUT2D eigenvalue weighted by molar-refractivity contribution is 6.39. The van der Waals surface area contributed by atoms with E-state index in [0.717, 1.165) is 53.2 Å². The van der Waals surface area contributed by atoms with Crippen LogP contribution in [0.3, 0.4) is 0 Å². The molecule has 1 atom stereocenters. The van der Waals surface area contributed by atoms with Crippen molar-refractivity contribution in [2.75, 3.05) is 7.18 Å². The Morgan fingerprint density at radius 2 is 1.73 bits per heavy atom. The first-order chi connectivity index (χ1) is 21.5. The fourth-order valence-corrected chi connectivity index (χ4v) is 6.12. The molecule has 0 saturated heterocycles. The first-order valence-corrected chi connectivity index (χ1v) is 15.1. The van der Waals surface area contributed by atoms with Crippen molar-refractivity contribution in [1.82, 2.24) is 30.2 Å². The van der Waals surface area contributed by atoms with Gasteiger partial charge in [-0.2, -0.15) is 0 Å². The number of fused-ring (bicyclic) bond motifs is 1. The number of carbonyl (C=O) groups is 1. The molecule has 6 rings (SSSR count). The van der Waals surface area contributed by atoms with Gasteiger partial charge in [-0.3, -0.25) is 24.1 Å². The minimum absolute atomic E-state index is 0.166. The number of aromatic amines is 1. The Morgan fingerprint density at radius 3 is 2.52 bits per heavy atom. The number of benzene rings is 2. The lowest BCUT2D eigenvalue weighted by Crippen LogP contribution is -2.32. The number of imidazole rings is 1. The molecular formula is C34H33Cl2FN6O. The third-order valence-corrected chi connectivity index (χ3v) is 8.16. The van der Waals surface area contributed by atoms with E-state index in [2.05, 4.69) is 50.5 Å². The van der Waals surface area contributed by atoms with E-state index in [4.69, 9.17) is 33.2 Å². The first kappa shape index (κ1) is 31.3. The van der Waals surface area contributed by atoms with Crippen LogP contribution >= 0.6 is 23.2 Å². The lowest BCUT2D eigenvalue weighted by atomic mass is 9.90. The molecule has 7 nitrogen and oxygen atoms in total. The van der Waals surface area contributed by atoms with E-state index >= 15 is 0 Å². The highest BCUT2D eigenvalue weighted by Crippen LogP contribution is 2.35. The van der Waals surface area contributed by atoms with Crippen molar-refractivity contribution in [3.63, 3.8) is 0 Å². The van der Waals surface area contributed by atoms with E-state index < -0.39 is 0 Å². The molecule has 3 heterocycles. The molecule has 2 N–H and O–H groups in total. The average Bonchev–Trinajstić information content (AvgIpc) is 3.53. The minimum Gasteiger partial charge on any atom is -0.348 e. The molecule has 1 amide bonds. The number of H-pyrrole nitrogens is 1. The number of carbonyl (C=O) groups excluding carboxylic acids is 1. The van der Waals surface area contributed by atoms with E-state index in [9.17, 15) is 9.18 Å². The Hall–Kier alpha value is -4.11. The number of alkyl halides is 1. The standard InChI is InChI=1S/C33H30Cl2N6O.CH3F/c34-26-17-36-18-27(35)31(26)33(42)39-16-22-7-4-8-23(15-22)20-41(29-13-5-11-25-12-6-14-37-32(25)29)21-30-38-19-28(40-30)24-9-2-1-3-10-24;1-2/h1-4,6-10,12,14-15,17-19,29H,5,11,13,16,20-21H2,(H,38,40)(H,39,42);1H3. The summed E-state index contributed by atoms with van der Waals surface area (Å²) in [5.74, 6) is 0.572. The van der Waals surface area contributed by atoms with Crippen molar-refractivity contribution in [2.45, 2.75) is 44.9 Å². The molecule has 0 bridgehead atoms. The van der Waals surface area contributed by atoms with Crippen molar-refractivity contribution >= 4 is 29.1 Å². The molecule has 2 aromatic carbocycles. The monoisotopic (exact) mass is 630 g/mol. The van der Waals surface area contributed by atoms with Gasteiger partial charge in [-0.1, -0.05) is 83.9 Å². The van der Waals surface area contributed by atoms with Gasteiger partial charge in [0.2, 0.25) is 0 Å². The Morgan fingerprint density at radius 1 is 0.955 bits per heavy atom. The number of nitrogens with zero attached hydrogens (tertiary/aromatic N) is 4. The van der Waals surface area contributed by atoms with E-state index in [-0.39, 0.29) is 27.6 Å². The minimum atomic E-state index is -0.337. The van der Waals surface area contributed by atoms with Crippen LogP contribution in [0.2, 0.25) is 10.0 Å². The van der Waals surface area contributed by atoms with Crippen LogP contribution in [0, 0.1) is 0 Å². The van der Waals surface area contributed by atoms with Crippen LogP contribution in [-0.2, 0) is 26.1 Å². The smallest absolute Gasteiger partial charge is 0.254 e. The summed E-state index contributed by atoms with van der Waals surface area (Å²) in [6.45, 7) is 1.69. The highest BCUT2D eigenvalue weighted by atomic mass is 35.5. The van der Waals surface area contributed by atoms with Gasteiger partial charge in [-0.05, 0) is 47.6 Å². The zero-order valence-electron chi connectivity index (χ0n) is 24.3. The molecule has 0 spiro atoms. The molecule has 1 aliphatic carbocycles. The number of hydrogen-bond acceptors (Lipinski definition) is 5. The zero-order valence-corrected chi connectivity index (χ0v) is 25.8. The summed E-state index contributed by atoms with van der Waals surface area (Å²) in [5.41, 5.74) is 6.92. The topological polar surface area (TPSA) is 86.8 Å². The number of aryl methyl sites for hydroxylation is 1. The van der Waals surface area contributed by atoms with Crippen molar-refractivity contribution in [1.29, 1.82) is 0 Å². The van der Waals surface area contributed by atoms with Crippen LogP contribution in [0.4, 0.5) is 4.39 Å². The van der Waals surface area contributed by atoms with Gasteiger partial charge in [0.1, 0.15) is 5.82 Å². The van der Waals surface area contributed by atoms with E-state index in [1.807, 2.05) is 48.8 Å². The SMILES string of the molecule is CF.O=C(NCc1cccc(CN(Cc2ncc(-c3ccccc3)[nH]2)C2CCCc3cccnc32)c1)c1c(Cl)cncc1Cl. The highest BCUT2D eigenvalue weighted by Gasteiger charge is 2.28. The summed E-state index contributed by atoms with van der Waals surface area (Å²) < 4.78 is 9.50. The Kier molecular flexibility index (Phi) is 10.7. The van der Waals surface area contributed by atoms with Gasteiger partial charge >= 0.3 is 0 Å². The summed E-state index contributed by atoms with van der Waals surface area (Å²) >= 11 is 12.4. The molecule has 0 saturated carbocycles. The van der Waals surface area contributed by atoms with Gasteiger partial charge in [0.25, 0.3) is 5.91 Å². The maximum absolute atomic E-state index is 12.8. The van der Waals surface area contributed by atoms with E-state index in [1.54, 1.807) is 0 Å². The molecule has 3 aromatic heterocycles. The average molecular weight is 632 g/mol. The van der Waals surface area contributed by atoms with Crippen LogP contribution in [0.15, 0.2) is 91.5 Å². The van der Waals surface area contributed by atoms with Gasteiger partial charge in [0.05, 0.1) is 53.0 Å². The zero-order chi connectivity index (χ0) is 30.9. The molecule has 44 heavy (non-hydrogen) atoms. The predicted octanol–water partition coefficient (Wildman–Crippen LogP) is 7.77. The summed E-state index contributed by atoms with van der Waals surface area (Å²) in [6.07, 6.45) is 9.81. The quantitative estimate of drug-likeness (QED) is 0.174. The molecule has 10 heteroatoms. The molecule has 5 aromatic rings. The van der Waals surface area contributed by atoms with Crippen LogP contribution in [0.5, 0.6) is 0 Å². The van der Waals surface area contributed by atoms with Crippen LogP contribution in [0.25, 0.3) is 11.3 Å². The fraction of sp³-hybridized carbons (Fsp3) is 0.235. The second-order valence-corrected chi connectivity index (χ2v) is 11.3. The van der Waals surface area contributed by atoms with Crippen molar-refractivity contribution in [2.24, 2.45) is 0 Å². The number of pyridine rings is 2. The largest absolute Gasteiger partial charge is 0.348 e.